The van der Waals surface area contributed by atoms with E-state index in [9.17, 15) is 30.9 Å². The van der Waals surface area contributed by atoms with Crippen LogP contribution in [0.15, 0.2) is 23.2 Å². The van der Waals surface area contributed by atoms with Crippen molar-refractivity contribution in [1.82, 2.24) is 4.57 Å². The van der Waals surface area contributed by atoms with Crippen LogP contribution in [0.3, 0.4) is 0 Å². The molecule has 2 aromatic rings. The fourth-order valence-corrected chi connectivity index (χ4v) is 3.73. The summed E-state index contributed by atoms with van der Waals surface area (Å²) in [5, 5.41) is 7.19. The van der Waals surface area contributed by atoms with E-state index in [2.05, 4.69) is 0 Å². The van der Waals surface area contributed by atoms with Crippen LogP contribution in [0.25, 0.3) is 5.69 Å². The zero-order valence-electron chi connectivity index (χ0n) is 11.8. The summed E-state index contributed by atoms with van der Waals surface area (Å²) in [4.78, 5) is -0.975. The van der Waals surface area contributed by atoms with Crippen LogP contribution < -0.4 is 0 Å². The van der Waals surface area contributed by atoms with Crippen molar-refractivity contribution in [1.29, 1.82) is 5.26 Å². The summed E-state index contributed by atoms with van der Waals surface area (Å²) < 4.78 is 88.6. The Hall–Kier alpha value is -1.25. The lowest BCUT2D eigenvalue weighted by atomic mass is 10.2. The Morgan fingerprint density at radius 3 is 1.92 bits per heavy atom. The van der Waals surface area contributed by atoms with E-state index in [0.717, 1.165) is 0 Å². The number of nitriles is 1. The molecule has 0 aliphatic rings. The number of benzene rings is 1. The van der Waals surface area contributed by atoms with E-state index < -0.39 is 59.8 Å². The Morgan fingerprint density at radius 1 is 1.04 bits per heavy atom. The van der Waals surface area contributed by atoms with Crippen molar-refractivity contribution in [3.8, 4) is 11.8 Å². The van der Waals surface area contributed by atoms with Crippen LogP contribution in [0.2, 0.25) is 15.2 Å². The molecule has 2 rings (SSSR count). The van der Waals surface area contributed by atoms with Gasteiger partial charge in [0.15, 0.2) is 4.90 Å². The number of hydrogen-bond donors (Lipinski definition) is 0. The molecule has 0 amide bonds. The van der Waals surface area contributed by atoms with E-state index in [0.29, 0.717) is 22.9 Å². The van der Waals surface area contributed by atoms with Crippen LogP contribution in [-0.2, 0) is 17.4 Å². The van der Waals surface area contributed by atoms with Gasteiger partial charge in [0.1, 0.15) is 28.0 Å². The van der Waals surface area contributed by atoms with Crippen LogP contribution in [-0.4, -0.2) is 14.6 Å². The molecule has 1 aromatic carbocycles. The van der Waals surface area contributed by atoms with Gasteiger partial charge in [-0.1, -0.05) is 34.8 Å². The topological polar surface area (TPSA) is 51.8 Å². The maximum Gasteiger partial charge on any atom is 0.578 e. The van der Waals surface area contributed by atoms with Gasteiger partial charge in [-0.15, -0.1) is 13.2 Å². The molecule has 1 aromatic heterocycles. The first-order valence-electron chi connectivity index (χ1n) is 6.15. The molecule has 1 heterocycles. The van der Waals surface area contributed by atoms with Crippen LogP contribution in [0.5, 0.6) is 0 Å². The maximum atomic E-state index is 12.8. The average Bonchev–Trinajstić information content (AvgIpc) is 2.80. The number of nitrogens with zero attached hydrogens (tertiary/aromatic N) is 2. The second-order valence-electron chi connectivity index (χ2n) is 4.64. The van der Waals surface area contributed by atoms with E-state index in [1.54, 1.807) is 0 Å². The highest BCUT2D eigenvalue weighted by atomic mass is 35.5. The quantitative estimate of drug-likeness (QED) is 0.415. The van der Waals surface area contributed by atoms with Gasteiger partial charge in [0.2, 0.25) is 0 Å². The summed E-state index contributed by atoms with van der Waals surface area (Å²) >= 11 is 13.8. The molecule has 1 unspecified atom stereocenters. The van der Waals surface area contributed by atoms with Crippen LogP contribution >= 0.6 is 34.8 Å². The van der Waals surface area contributed by atoms with Gasteiger partial charge >= 0.3 is 11.7 Å². The molecule has 0 aliphatic heterocycles. The molecule has 0 aliphatic carbocycles. The molecule has 1 atom stereocenters. The summed E-state index contributed by atoms with van der Waals surface area (Å²) in [5.41, 5.74) is -7.55. The summed E-state index contributed by atoms with van der Waals surface area (Å²) in [6.45, 7) is 0. The Morgan fingerprint density at radius 2 is 1.54 bits per heavy atom. The summed E-state index contributed by atoms with van der Waals surface area (Å²) in [6.07, 6.45) is -4.18. The Labute approximate surface area is 159 Å². The molecule has 26 heavy (non-hydrogen) atoms. The largest absolute Gasteiger partial charge is 0.604 e. The Bertz CT molecular complexity index is 880. The number of aromatic nitrogens is 1. The first kappa shape index (κ1) is 21.1. The van der Waals surface area contributed by atoms with E-state index in [-0.39, 0.29) is 0 Å². The molecular weight excluding hydrogens is 453 g/mol. The molecule has 13 heteroatoms. The number of halogens is 9. The minimum absolute atomic E-state index is 0.395. The van der Waals surface area contributed by atoms with Crippen molar-refractivity contribution < 1.29 is 30.9 Å². The van der Waals surface area contributed by atoms with Gasteiger partial charge in [-0.05, 0) is 12.1 Å². The summed E-state index contributed by atoms with van der Waals surface area (Å²) in [5.74, 6) is 0. The SMILES string of the molecule is N#Cc1c([S+]([O-])C(F)(F)F)cn(-c2c(Cl)cc(C(F)(F)F)cc2Cl)c1Cl. The van der Waals surface area contributed by atoms with Crippen molar-refractivity contribution in [3.05, 3.63) is 44.7 Å². The lowest BCUT2D eigenvalue weighted by molar-refractivity contribution is -0.137. The van der Waals surface area contributed by atoms with Gasteiger partial charge in [-0.3, -0.25) is 4.57 Å². The maximum absolute atomic E-state index is 12.8. The fourth-order valence-electron chi connectivity index (χ4n) is 1.95. The molecule has 140 valence electrons. The molecule has 0 saturated carbocycles. The number of rotatable bonds is 2. The molecule has 0 N–H and O–H groups in total. The van der Waals surface area contributed by atoms with Crippen molar-refractivity contribution in [2.75, 3.05) is 0 Å². The zero-order valence-corrected chi connectivity index (χ0v) is 14.9. The van der Waals surface area contributed by atoms with Crippen molar-refractivity contribution in [3.63, 3.8) is 0 Å². The van der Waals surface area contributed by atoms with Crippen molar-refractivity contribution in [2.24, 2.45) is 0 Å². The predicted octanol–water partition coefficient (Wildman–Crippen LogP) is 5.96. The molecule has 0 fully saturated rings. The second kappa shape index (κ2) is 7.05. The summed E-state index contributed by atoms with van der Waals surface area (Å²) in [6, 6.07) is 2.35. The molecule has 3 nitrogen and oxygen atoms in total. The number of alkyl halides is 6. The molecular formula is C13H3Cl3F6N2OS. The van der Waals surface area contributed by atoms with E-state index >= 15 is 0 Å². The normalized spacial score (nSPS) is 13.6. The molecule has 0 radical (unpaired) electrons. The highest BCUT2D eigenvalue weighted by molar-refractivity contribution is 7.92. The lowest BCUT2D eigenvalue weighted by Crippen LogP contribution is -2.23. The van der Waals surface area contributed by atoms with Gasteiger partial charge in [-0.25, -0.2) is 0 Å². The lowest BCUT2D eigenvalue weighted by Gasteiger charge is -2.14. The molecule has 0 bridgehead atoms. The van der Waals surface area contributed by atoms with Crippen molar-refractivity contribution >= 4 is 46.0 Å². The Balaban J connectivity index is 2.72. The summed E-state index contributed by atoms with van der Waals surface area (Å²) in [7, 11) is 0. The third-order valence-electron chi connectivity index (χ3n) is 3.02. The van der Waals surface area contributed by atoms with Gasteiger partial charge in [0.25, 0.3) is 0 Å². The first-order chi connectivity index (χ1) is 11.8. The monoisotopic (exact) mass is 454 g/mol. The van der Waals surface area contributed by atoms with Crippen LogP contribution in [0.1, 0.15) is 11.1 Å². The smallest absolute Gasteiger partial charge is 0.578 e. The van der Waals surface area contributed by atoms with Gasteiger partial charge in [0.05, 0.1) is 27.5 Å². The minimum Gasteiger partial charge on any atom is -0.604 e. The minimum atomic E-state index is -5.19. The first-order valence-corrected chi connectivity index (χ1v) is 8.43. The van der Waals surface area contributed by atoms with Crippen LogP contribution in [0, 0.1) is 11.3 Å². The highest BCUT2D eigenvalue weighted by Gasteiger charge is 2.48. The number of hydrogen-bond acceptors (Lipinski definition) is 2. The molecule has 0 saturated heterocycles. The predicted molar refractivity (Wildman–Crippen MR) is 83.0 cm³/mol. The standard InChI is InChI=1S/C13H3Cl3F6N2OS/c14-7-1-5(12(17,18)19)2-8(15)10(7)24-4-9(6(3-23)11(24)16)26(25)13(20,21)22/h1-2,4H. The van der Waals surface area contributed by atoms with Crippen LogP contribution in [0.4, 0.5) is 26.3 Å². The van der Waals surface area contributed by atoms with E-state index in [1.807, 2.05) is 0 Å². The highest BCUT2D eigenvalue weighted by Crippen LogP contribution is 2.41. The van der Waals surface area contributed by atoms with E-state index in [1.165, 1.54) is 6.07 Å². The van der Waals surface area contributed by atoms with E-state index in [4.69, 9.17) is 40.1 Å². The third-order valence-corrected chi connectivity index (χ3v) is 5.09. The van der Waals surface area contributed by atoms with Gasteiger partial charge in [0, 0.05) is 0 Å². The van der Waals surface area contributed by atoms with Gasteiger partial charge in [-0.2, -0.15) is 18.4 Å². The molecule has 0 spiro atoms. The van der Waals surface area contributed by atoms with Crippen molar-refractivity contribution in [2.45, 2.75) is 16.6 Å². The average molecular weight is 456 g/mol. The third kappa shape index (κ3) is 3.87. The Kier molecular flexibility index (Phi) is 5.71. The van der Waals surface area contributed by atoms with Gasteiger partial charge < -0.3 is 4.55 Å². The zero-order chi connectivity index (χ0) is 20.0. The fraction of sp³-hybridized carbons (Fsp3) is 0.154. The second-order valence-corrected chi connectivity index (χ2v) is 7.25.